The van der Waals surface area contributed by atoms with E-state index >= 15 is 0 Å². The molecule has 0 saturated carbocycles. The van der Waals surface area contributed by atoms with Crippen LogP contribution < -0.4 is 5.32 Å². The number of halogens is 1. The topological polar surface area (TPSA) is 55.6 Å². The molecule has 0 bridgehead atoms. The Bertz CT molecular complexity index is 794. The summed E-state index contributed by atoms with van der Waals surface area (Å²) in [5.74, 6) is 1.84. The Hall–Kier alpha value is -1.57. The van der Waals surface area contributed by atoms with Gasteiger partial charge in [0.1, 0.15) is 16.5 Å². The van der Waals surface area contributed by atoms with Crippen LogP contribution in [-0.2, 0) is 13.1 Å². The van der Waals surface area contributed by atoms with E-state index in [4.69, 9.17) is 4.98 Å². The normalized spacial score (nSPS) is 14.1. The largest absolute Gasteiger partial charge is 0.308 e. The van der Waals surface area contributed by atoms with Gasteiger partial charge < -0.3 is 9.88 Å². The second-order valence-electron chi connectivity index (χ2n) is 4.82. The van der Waals surface area contributed by atoms with Gasteiger partial charge in [0.25, 0.3) is 0 Å². The number of aromatic nitrogens is 4. The van der Waals surface area contributed by atoms with Crippen LogP contribution in [0.5, 0.6) is 0 Å². The minimum Gasteiger partial charge on any atom is -0.308 e. The van der Waals surface area contributed by atoms with Crippen molar-refractivity contribution in [3.05, 3.63) is 39.9 Å². The van der Waals surface area contributed by atoms with Gasteiger partial charge in [-0.3, -0.25) is 0 Å². The van der Waals surface area contributed by atoms with Crippen molar-refractivity contribution in [3.63, 3.8) is 0 Å². The zero-order chi connectivity index (χ0) is 14.2. The van der Waals surface area contributed by atoms with Crippen LogP contribution in [0.25, 0.3) is 22.1 Å². The van der Waals surface area contributed by atoms with Crippen molar-refractivity contribution < 1.29 is 0 Å². The highest BCUT2D eigenvalue weighted by atomic mass is 79.9. The monoisotopic (exact) mass is 361 g/mol. The number of rotatable bonds is 2. The Morgan fingerprint density at radius 2 is 2.24 bits per heavy atom. The highest BCUT2D eigenvalue weighted by Gasteiger charge is 2.18. The van der Waals surface area contributed by atoms with Gasteiger partial charge in [0.05, 0.1) is 6.54 Å². The molecule has 0 fully saturated rings. The van der Waals surface area contributed by atoms with Crippen LogP contribution in [0.2, 0.25) is 0 Å². The maximum atomic E-state index is 4.73. The molecule has 1 aliphatic heterocycles. The molecule has 3 aromatic rings. The van der Waals surface area contributed by atoms with E-state index in [0.29, 0.717) is 0 Å². The van der Waals surface area contributed by atoms with Crippen LogP contribution in [0.15, 0.2) is 34.1 Å². The maximum Gasteiger partial charge on any atom is 0.183 e. The van der Waals surface area contributed by atoms with Crippen LogP contribution >= 0.6 is 27.3 Å². The third kappa shape index (κ3) is 2.41. The molecular weight excluding hydrogens is 350 g/mol. The Morgan fingerprint density at radius 3 is 3.14 bits per heavy atom. The molecule has 2 aromatic heterocycles. The number of nitrogens with one attached hydrogen (secondary N) is 1. The van der Waals surface area contributed by atoms with Gasteiger partial charge in [0.2, 0.25) is 0 Å². The third-order valence-electron chi connectivity index (χ3n) is 3.43. The Kier molecular flexibility index (Phi) is 3.33. The second kappa shape index (κ2) is 5.32. The molecule has 1 aliphatic rings. The molecule has 21 heavy (non-hydrogen) atoms. The van der Waals surface area contributed by atoms with Crippen molar-refractivity contribution in [2.75, 3.05) is 6.54 Å². The Morgan fingerprint density at radius 1 is 1.29 bits per heavy atom. The fourth-order valence-corrected chi connectivity index (χ4v) is 3.61. The zero-order valence-electron chi connectivity index (χ0n) is 11.1. The first-order valence-electron chi connectivity index (χ1n) is 6.66. The molecule has 4 rings (SSSR count). The van der Waals surface area contributed by atoms with Crippen LogP contribution in [-0.4, -0.2) is 26.3 Å². The lowest BCUT2D eigenvalue weighted by atomic mass is 10.2. The number of nitrogens with zero attached hydrogens (tertiary/aromatic N) is 4. The molecule has 0 radical (unpaired) electrons. The van der Waals surface area contributed by atoms with Gasteiger partial charge in [0, 0.05) is 28.5 Å². The lowest BCUT2D eigenvalue weighted by Crippen LogP contribution is -2.28. The fourth-order valence-electron chi connectivity index (χ4n) is 2.41. The van der Waals surface area contributed by atoms with Gasteiger partial charge in [-0.1, -0.05) is 28.1 Å². The average molecular weight is 362 g/mol. The van der Waals surface area contributed by atoms with E-state index in [1.807, 2.05) is 12.1 Å². The summed E-state index contributed by atoms with van der Waals surface area (Å²) in [7, 11) is 0. The Labute approximate surface area is 134 Å². The standard InChI is InChI=1S/C14H12BrN5S/c15-10-3-1-2-9(6-10)14-17-11(8-21-14)13-19-18-12-7-16-4-5-20(12)13/h1-3,6,8,16H,4-5,7H2. The molecule has 7 heteroatoms. The third-order valence-corrected chi connectivity index (χ3v) is 4.81. The number of hydrogen-bond acceptors (Lipinski definition) is 5. The summed E-state index contributed by atoms with van der Waals surface area (Å²) in [5.41, 5.74) is 2.01. The molecule has 0 spiro atoms. The van der Waals surface area contributed by atoms with E-state index in [0.717, 1.165) is 52.0 Å². The van der Waals surface area contributed by atoms with E-state index in [-0.39, 0.29) is 0 Å². The minimum absolute atomic E-state index is 0.773. The number of fused-ring (bicyclic) bond motifs is 1. The van der Waals surface area contributed by atoms with Gasteiger partial charge in [-0.05, 0) is 12.1 Å². The molecular formula is C14H12BrN5S. The van der Waals surface area contributed by atoms with Crippen LogP contribution in [0.1, 0.15) is 5.82 Å². The summed E-state index contributed by atoms with van der Waals surface area (Å²) >= 11 is 5.13. The molecule has 0 aliphatic carbocycles. The molecule has 1 N–H and O–H groups in total. The summed E-state index contributed by atoms with van der Waals surface area (Å²) in [4.78, 5) is 4.73. The van der Waals surface area contributed by atoms with Gasteiger partial charge >= 0.3 is 0 Å². The van der Waals surface area contributed by atoms with Crippen molar-refractivity contribution in [1.29, 1.82) is 0 Å². The van der Waals surface area contributed by atoms with E-state index in [1.165, 1.54) is 0 Å². The molecule has 106 valence electrons. The highest BCUT2D eigenvalue weighted by Crippen LogP contribution is 2.30. The second-order valence-corrected chi connectivity index (χ2v) is 6.59. The first kappa shape index (κ1) is 13.1. The fraction of sp³-hybridized carbons (Fsp3) is 0.214. The van der Waals surface area contributed by atoms with Crippen molar-refractivity contribution in [2.24, 2.45) is 0 Å². The number of hydrogen-bond donors (Lipinski definition) is 1. The van der Waals surface area contributed by atoms with Crippen LogP contribution in [0.4, 0.5) is 0 Å². The molecule has 0 saturated heterocycles. The van der Waals surface area contributed by atoms with E-state index in [2.05, 4.69) is 53.5 Å². The van der Waals surface area contributed by atoms with Crippen LogP contribution in [0.3, 0.4) is 0 Å². The van der Waals surface area contributed by atoms with Crippen molar-refractivity contribution in [2.45, 2.75) is 13.1 Å². The van der Waals surface area contributed by atoms with Crippen molar-refractivity contribution in [3.8, 4) is 22.1 Å². The highest BCUT2D eigenvalue weighted by molar-refractivity contribution is 9.10. The predicted octanol–water partition coefficient (Wildman–Crippen LogP) is 2.93. The molecule has 1 aromatic carbocycles. The summed E-state index contributed by atoms with van der Waals surface area (Å²) in [6, 6.07) is 8.17. The van der Waals surface area contributed by atoms with Crippen molar-refractivity contribution in [1.82, 2.24) is 25.1 Å². The van der Waals surface area contributed by atoms with E-state index < -0.39 is 0 Å². The minimum atomic E-state index is 0.773. The SMILES string of the molecule is Brc1cccc(-c2nc(-c3nnc4n3CCNC4)cs2)c1. The summed E-state index contributed by atoms with van der Waals surface area (Å²) < 4.78 is 3.21. The van der Waals surface area contributed by atoms with Crippen LogP contribution in [0, 0.1) is 0 Å². The quantitative estimate of drug-likeness (QED) is 0.762. The maximum absolute atomic E-state index is 4.73. The van der Waals surface area contributed by atoms with Crippen molar-refractivity contribution >= 4 is 27.3 Å². The summed E-state index contributed by atoms with van der Waals surface area (Å²) in [6.45, 7) is 2.61. The first-order valence-corrected chi connectivity index (χ1v) is 8.33. The first-order chi connectivity index (χ1) is 10.3. The summed E-state index contributed by atoms with van der Waals surface area (Å²) in [6.07, 6.45) is 0. The molecule has 3 heterocycles. The zero-order valence-corrected chi connectivity index (χ0v) is 13.5. The lowest BCUT2D eigenvalue weighted by molar-refractivity contribution is 0.508. The van der Waals surface area contributed by atoms with Gasteiger partial charge in [-0.25, -0.2) is 4.98 Å². The number of thiazole rings is 1. The molecule has 5 nitrogen and oxygen atoms in total. The smallest absolute Gasteiger partial charge is 0.183 e. The van der Waals surface area contributed by atoms with Gasteiger partial charge in [-0.15, -0.1) is 21.5 Å². The summed E-state index contributed by atoms with van der Waals surface area (Å²) in [5, 5.41) is 14.9. The average Bonchev–Trinajstić information content (AvgIpc) is 3.14. The predicted molar refractivity (Wildman–Crippen MR) is 86.0 cm³/mol. The van der Waals surface area contributed by atoms with E-state index in [1.54, 1.807) is 11.3 Å². The van der Waals surface area contributed by atoms with Gasteiger partial charge in [-0.2, -0.15) is 0 Å². The number of benzene rings is 1. The van der Waals surface area contributed by atoms with E-state index in [9.17, 15) is 0 Å². The Balaban J connectivity index is 1.73. The lowest BCUT2D eigenvalue weighted by Gasteiger charge is -2.15. The molecule has 0 amide bonds. The molecule has 0 unspecified atom stereocenters. The van der Waals surface area contributed by atoms with Gasteiger partial charge in [0.15, 0.2) is 5.82 Å². The molecule has 0 atom stereocenters.